The third-order valence-electron chi connectivity index (χ3n) is 2.80. The number of rotatable bonds is 2. The van der Waals surface area contributed by atoms with E-state index in [4.69, 9.17) is 0 Å². The molecule has 1 aromatic heterocycles. The van der Waals surface area contributed by atoms with Gasteiger partial charge in [-0.1, -0.05) is 48.5 Å². The summed E-state index contributed by atoms with van der Waals surface area (Å²) in [4.78, 5) is 4.65. The Balaban J connectivity index is 1.96. The van der Waals surface area contributed by atoms with Gasteiger partial charge in [-0.2, -0.15) is 0 Å². The van der Waals surface area contributed by atoms with Crippen LogP contribution in [0.5, 0.6) is 0 Å². The minimum atomic E-state index is 0.839. The first-order valence-electron chi connectivity index (χ1n) is 5.72. The van der Waals surface area contributed by atoms with E-state index < -0.39 is 0 Å². The highest BCUT2D eigenvalue weighted by molar-refractivity contribution is 5.78. The first kappa shape index (κ1) is 10.0. The van der Waals surface area contributed by atoms with E-state index in [1.54, 1.807) is 0 Å². The van der Waals surface area contributed by atoms with E-state index in [9.17, 15) is 0 Å². The molecule has 0 atom stereocenters. The predicted molar refractivity (Wildman–Crippen MR) is 69.8 cm³/mol. The molecule has 0 unspecified atom stereocenters. The van der Waals surface area contributed by atoms with Crippen molar-refractivity contribution in [1.82, 2.24) is 4.98 Å². The molecule has 3 rings (SSSR count). The number of hydrogen-bond donors (Lipinski definition) is 0. The standard InChI is InChI=1S/C16H12N/c1-2-6-13(7-3-1)12-15-11-10-14-8-4-5-9-16(14)17-15/h1-6,8-11H,12H2. The maximum absolute atomic E-state index is 4.65. The molecule has 0 spiro atoms. The van der Waals surface area contributed by atoms with E-state index in [1.165, 1.54) is 10.9 Å². The molecule has 0 aliphatic rings. The Hall–Kier alpha value is -2.15. The van der Waals surface area contributed by atoms with E-state index in [2.05, 4.69) is 35.3 Å². The van der Waals surface area contributed by atoms with Crippen molar-refractivity contribution in [3.05, 3.63) is 78.0 Å². The SMILES string of the molecule is [c]1ccccc1Cc1ccc2ccccc2n1. The zero-order valence-corrected chi connectivity index (χ0v) is 9.43. The monoisotopic (exact) mass is 218 g/mol. The van der Waals surface area contributed by atoms with Gasteiger partial charge in [0.2, 0.25) is 0 Å². The molecule has 1 heteroatoms. The molecule has 81 valence electrons. The van der Waals surface area contributed by atoms with Gasteiger partial charge in [0.05, 0.1) is 5.52 Å². The van der Waals surface area contributed by atoms with E-state index in [1.807, 2.05) is 36.4 Å². The number of hydrogen-bond acceptors (Lipinski definition) is 1. The summed E-state index contributed by atoms with van der Waals surface area (Å²) in [7, 11) is 0. The van der Waals surface area contributed by atoms with Gasteiger partial charge in [0.1, 0.15) is 0 Å². The summed E-state index contributed by atoms with van der Waals surface area (Å²) in [6.07, 6.45) is 0.839. The first-order valence-corrected chi connectivity index (χ1v) is 5.72. The topological polar surface area (TPSA) is 12.9 Å². The Labute approximate surface area is 101 Å². The van der Waals surface area contributed by atoms with Crippen molar-refractivity contribution in [1.29, 1.82) is 0 Å². The second-order valence-electron chi connectivity index (χ2n) is 4.06. The molecule has 0 amide bonds. The molecule has 0 N–H and O–H groups in total. The van der Waals surface area contributed by atoms with Crippen LogP contribution < -0.4 is 0 Å². The van der Waals surface area contributed by atoms with Crippen molar-refractivity contribution in [3.63, 3.8) is 0 Å². The van der Waals surface area contributed by atoms with Gasteiger partial charge in [-0.05, 0) is 23.8 Å². The maximum atomic E-state index is 4.65. The van der Waals surface area contributed by atoms with E-state index >= 15 is 0 Å². The molecular weight excluding hydrogens is 206 g/mol. The highest BCUT2D eigenvalue weighted by Crippen LogP contribution is 2.14. The van der Waals surface area contributed by atoms with Crippen molar-refractivity contribution in [2.24, 2.45) is 0 Å². The van der Waals surface area contributed by atoms with Crippen molar-refractivity contribution < 1.29 is 0 Å². The largest absolute Gasteiger partial charge is 0.252 e. The number of benzene rings is 2. The molecular formula is C16H12N. The highest BCUT2D eigenvalue weighted by atomic mass is 14.7. The smallest absolute Gasteiger partial charge is 0.0705 e. The van der Waals surface area contributed by atoms with Crippen molar-refractivity contribution in [2.45, 2.75) is 6.42 Å². The maximum Gasteiger partial charge on any atom is 0.0705 e. The average molecular weight is 218 g/mol. The van der Waals surface area contributed by atoms with Crippen LogP contribution in [0.15, 0.2) is 60.7 Å². The first-order chi connectivity index (χ1) is 8.42. The van der Waals surface area contributed by atoms with Crippen LogP contribution in [-0.4, -0.2) is 4.98 Å². The third-order valence-corrected chi connectivity index (χ3v) is 2.80. The van der Waals surface area contributed by atoms with Crippen molar-refractivity contribution >= 4 is 10.9 Å². The Kier molecular flexibility index (Phi) is 2.59. The molecule has 1 heterocycles. The summed E-state index contributed by atoms with van der Waals surface area (Å²) in [5.74, 6) is 0. The summed E-state index contributed by atoms with van der Waals surface area (Å²) in [5.41, 5.74) is 3.32. The highest BCUT2D eigenvalue weighted by Gasteiger charge is 1.99. The zero-order chi connectivity index (χ0) is 11.5. The molecule has 1 radical (unpaired) electrons. The Morgan fingerprint density at radius 2 is 1.76 bits per heavy atom. The second-order valence-corrected chi connectivity index (χ2v) is 4.06. The normalized spacial score (nSPS) is 10.6. The lowest BCUT2D eigenvalue weighted by atomic mass is 10.1. The molecule has 3 aromatic rings. The lowest BCUT2D eigenvalue weighted by Gasteiger charge is -2.02. The number of nitrogens with zero attached hydrogens (tertiary/aromatic N) is 1. The molecule has 0 aliphatic heterocycles. The van der Waals surface area contributed by atoms with Gasteiger partial charge < -0.3 is 0 Å². The lowest BCUT2D eigenvalue weighted by Crippen LogP contribution is -1.92. The minimum absolute atomic E-state index is 0.839. The number of pyridine rings is 1. The number of fused-ring (bicyclic) bond motifs is 1. The van der Waals surface area contributed by atoms with Crippen molar-refractivity contribution in [2.75, 3.05) is 0 Å². The van der Waals surface area contributed by atoms with Crippen LogP contribution >= 0.6 is 0 Å². The summed E-state index contributed by atoms with van der Waals surface area (Å²) in [6.45, 7) is 0. The van der Waals surface area contributed by atoms with Crippen molar-refractivity contribution in [3.8, 4) is 0 Å². The van der Waals surface area contributed by atoms with Gasteiger partial charge in [0.25, 0.3) is 0 Å². The minimum Gasteiger partial charge on any atom is -0.252 e. The Morgan fingerprint density at radius 1 is 0.882 bits per heavy atom. The van der Waals surface area contributed by atoms with Gasteiger partial charge in [0, 0.05) is 17.5 Å². The van der Waals surface area contributed by atoms with E-state index in [0.717, 1.165) is 17.6 Å². The van der Waals surface area contributed by atoms with Gasteiger partial charge in [0.15, 0.2) is 0 Å². The van der Waals surface area contributed by atoms with Gasteiger partial charge in [-0.3, -0.25) is 4.98 Å². The average Bonchev–Trinajstić information content (AvgIpc) is 2.40. The summed E-state index contributed by atoms with van der Waals surface area (Å²) in [6, 6.07) is 23.7. The molecule has 0 fully saturated rings. The van der Waals surface area contributed by atoms with Crippen LogP contribution in [0, 0.1) is 6.07 Å². The Bertz CT molecular complexity index is 629. The second kappa shape index (κ2) is 4.38. The number of para-hydroxylation sites is 1. The fraction of sp³-hybridized carbons (Fsp3) is 0.0625. The predicted octanol–water partition coefficient (Wildman–Crippen LogP) is 3.63. The molecule has 0 bridgehead atoms. The van der Waals surface area contributed by atoms with Gasteiger partial charge in [-0.25, -0.2) is 0 Å². The fourth-order valence-electron chi connectivity index (χ4n) is 1.94. The number of aromatic nitrogens is 1. The molecule has 1 nitrogen and oxygen atoms in total. The molecule has 17 heavy (non-hydrogen) atoms. The van der Waals surface area contributed by atoms with Gasteiger partial charge >= 0.3 is 0 Å². The third kappa shape index (κ3) is 2.18. The summed E-state index contributed by atoms with van der Waals surface area (Å²) >= 11 is 0. The van der Waals surface area contributed by atoms with Crippen LogP contribution in [0.25, 0.3) is 10.9 Å². The molecule has 0 saturated heterocycles. The summed E-state index contributed by atoms with van der Waals surface area (Å²) in [5, 5.41) is 1.19. The fourth-order valence-corrected chi connectivity index (χ4v) is 1.94. The molecule has 0 saturated carbocycles. The van der Waals surface area contributed by atoms with E-state index in [0.29, 0.717) is 0 Å². The molecule has 2 aromatic carbocycles. The van der Waals surface area contributed by atoms with Gasteiger partial charge in [-0.15, -0.1) is 0 Å². The zero-order valence-electron chi connectivity index (χ0n) is 9.43. The summed E-state index contributed by atoms with van der Waals surface area (Å²) < 4.78 is 0. The Morgan fingerprint density at radius 3 is 2.65 bits per heavy atom. The van der Waals surface area contributed by atoms with E-state index in [-0.39, 0.29) is 0 Å². The van der Waals surface area contributed by atoms with Crippen LogP contribution in [0.3, 0.4) is 0 Å². The van der Waals surface area contributed by atoms with Crippen LogP contribution in [0.1, 0.15) is 11.3 Å². The molecule has 0 aliphatic carbocycles. The van der Waals surface area contributed by atoms with Crippen LogP contribution in [0.4, 0.5) is 0 Å². The quantitative estimate of drug-likeness (QED) is 0.640. The van der Waals surface area contributed by atoms with Crippen LogP contribution in [0.2, 0.25) is 0 Å². The van der Waals surface area contributed by atoms with Crippen LogP contribution in [-0.2, 0) is 6.42 Å². The lowest BCUT2D eigenvalue weighted by molar-refractivity contribution is 1.10.